The lowest BCUT2D eigenvalue weighted by Crippen LogP contribution is -2.23. The molecule has 0 atom stereocenters. The summed E-state index contributed by atoms with van der Waals surface area (Å²) in [6.07, 6.45) is -17.6. The number of ether oxygens (including phenoxy) is 1. The molecule has 214 valence electrons. The Morgan fingerprint density at radius 3 is 1.76 bits per heavy atom. The van der Waals surface area contributed by atoms with E-state index in [1.54, 1.807) is 30.3 Å². The van der Waals surface area contributed by atoms with Crippen LogP contribution in [0.3, 0.4) is 0 Å². The highest BCUT2D eigenvalue weighted by atomic mass is 32.1. The summed E-state index contributed by atoms with van der Waals surface area (Å²) in [7, 11) is 0. The standard InChI is InChI=1S/C29H13F9N2OS/c30-27(31,32)19-9-10-20(24(29(36,37)38)23(19)28(33,34)35)41-26-18-12-15-6-2-1-5-14(15)11-17(18)25(39-40-26)22-13-16-7-3-4-8-21(16)42-22/h1-13H. The van der Waals surface area contributed by atoms with Crippen LogP contribution in [-0.2, 0) is 18.5 Å². The molecule has 0 saturated heterocycles. The molecule has 6 rings (SSSR count). The van der Waals surface area contributed by atoms with Crippen LogP contribution in [0.4, 0.5) is 39.5 Å². The summed E-state index contributed by atoms with van der Waals surface area (Å²) < 4.78 is 130. The molecule has 6 aromatic rings. The van der Waals surface area contributed by atoms with Crippen molar-refractivity contribution in [2.24, 2.45) is 0 Å². The third kappa shape index (κ3) is 4.87. The molecule has 0 fully saturated rings. The molecular formula is C29H13F9N2OS. The maximum Gasteiger partial charge on any atom is 0.420 e. The molecule has 13 heteroatoms. The molecule has 2 heterocycles. The number of rotatable bonds is 3. The smallest absolute Gasteiger partial charge is 0.420 e. The molecule has 0 amide bonds. The molecule has 0 aliphatic carbocycles. The third-order valence-corrected chi connectivity index (χ3v) is 7.64. The number of hydrogen-bond donors (Lipinski definition) is 0. The first-order chi connectivity index (χ1) is 19.7. The van der Waals surface area contributed by atoms with Gasteiger partial charge in [0.15, 0.2) is 0 Å². The van der Waals surface area contributed by atoms with Gasteiger partial charge in [-0.25, -0.2) is 0 Å². The van der Waals surface area contributed by atoms with Gasteiger partial charge >= 0.3 is 18.5 Å². The molecule has 0 spiro atoms. The maximum atomic E-state index is 14.0. The molecule has 4 aromatic carbocycles. The van der Waals surface area contributed by atoms with Gasteiger partial charge < -0.3 is 4.74 Å². The topological polar surface area (TPSA) is 35.0 Å². The first kappa shape index (κ1) is 27.8. The summed E-state index contributed by atoms with van der Waals surface area (Å²) >= 11 is 1.37. The molecule has 0 N–H and O–H groups in total. The van der Waals surface area contributed by atoms with Crippen LogP contribution in [0, 0.1) is 0 Å². The van der Waals surface area contributed by atoms with E-state index in [1.165, 1.54) is 17.4 Å². The lowest BCUT2D eigenvalue weighted by molar-refractivity contribution is -0.175. The van der Waals surface area contributed by atoms with Gasteiger partial charge in [-0.05, 0) is 52.6 Å². The fourth-order valence-electron chi connectivity index (χ4n) is 4.76. The fourth-order valence-corrected chi connectivity index (χ4v) is 5.82. The Labute approximate surface area is 233 Å². The quantitative estimate of drug-likeness (QED) is 0.148. The zero-order valence-electron chi connectivity index (χ0n) is 20.6. The summed E-state index contributed by atoms with van der Waals surface area (Å²) in [6.45, 7) is 0. The zero-order valence-corrected chi connectivity index (χ0v) is 21.4. The van der Waals surface area contributed by atoms with Gasteiger partial charge in [-0.2, -0.15) is 39.5 Å². The minimum Gasteiger partial charge on any atom is -0.436 e. The lowest BCUT2D eigenvalue weighted by Gasteiger charge is -2.23. The van der Waals surface area contributed by atoms with Crippen LogP contribution in [-0.4, -0.2) is 10.2 Å². The Bertz CT molecular complexity index is 1960. The number of benzene rings is 4. The number of halogens is 9. The number of thiophene rings is 1. The molecule has 0 saturated carbocycles. The maximum absolute atomic E-state index is 14.0. The SMILES string of the molecule is FC(F)(F)c1ccc(Oc2nnc(-c3cc4ccccc4s3)c3cc4ccccc4cc23)c(C(F)(F)F)c1C(F)(F)F. The second kappa shape index (κ2) is 9.58. The van der Waals surface area contributed by atoms with E-state index >= 15 is 0 Å². The van der Waals surface area contributed by atoms with Crippen LogP contribution in [0.1, 0.15) is 16.7 Å². The average molecular weight is 608 g/mol. The lowest BCUT2D eigenvalue weighted by atomic mass is 9.98. The number of nitrogens with zero attached hydrogens (tertiary/aromatic N) is 2. The first-order valence-electron chi connectivity index (χ1n) is 12.0. The minimum absolute atomic E-state index is 0.0933. The van der Waals surface area contributed by atoms with E-state index in [2.05, 4.69) is 10.2 Å². The van der Waals surface area contributed by atoms with Crippen LogP contribution in [0.5, 0.6) is 11.6 Å². The Kier molecular flexibility index (Phi) is 6.33. The largest absolute Gasteiger partial charge is 0.436 e. The van der Waals surface area contributed by atoms with Crippen LogP contribution in [0.15, 0.2) is 78.9 Å². The molecular weight excluding hydrogens is 595 g/mol. The van der Waals surface area contributed by atoms with E-state index in [-0.39, 0.29) is 17.5 Å². The first-order valence-corrected chi connectivity index (χ1v) is 12.8. The molecule has 0 unspecified atom stereocenters. The third-order valence-electron chi connectivity index (χ3n) is 6.52. The van der Waals surface area contributed by atoms with Gasteiger partial charge in [-0.15, -0.1) is 21.5 Å². The van der Waals surface area contributed by atoms with E-state index in [0.717, 1.165) is 15.5 Å². The number of fused-ring (bicyclic) bond motifs is 3. The molecule has 0 aliphatic rings. The number of hydrogen-bond acceptors (Lipinski definition) is 4. The summed E-state index contributed by atoms with van der Waals surface area (Å²) in [5, 5.41) is 10.7. The number of alkyl halides is 9. The van der Waals surface area contributed by atoms with Crippen molar-refractivity contribution in [3.05, 3.63) is 95.6 Å². The monoisotopic (exact) mass is 608 g/mol. The van der Waals surface area contributed by atoms with Crippen molar-refractivity contribution in [3.8, 4) is 22.2 Å². The van der Waals surface area contributed by atoms with Crippen molar-refractivity contribution >= 4 is 43.0 Å². The Hall–Kier alpha value is -4.39. The van der Waals surface area contributed by atoms with Crippen LogP contribution in [0.2, 0.25) is 0 Å². The average Bonchev–Trinajstić information content (AvgIpc) is 3.34. The van der Waals surface area contributed by atoms with E-state index in [9.17, 15) is 39.5 Å². The summed E-state index contributed by atoms with van der Waals surface area (Å²) in [6, 6.07) is 19.5. The number of aromatic nitrogens is 2. The minimum atomic E-state index is -6.01. The fraction of sp³-hybridized carbons (Fsp3) is 0.103. The van der Waals surface area contributed by atoms with Gasteiger partial charge in [0.1, 0.15) is 17.0 Å². The van der Waals surface area contributed by atoms with Crippen molar-refractivity contribution in [1.29, 1.82) is 0 Å². The van der Waals surface area contributed by atoms with Gasteiger partial charge in [0.2, 0.25) is 5.88 Å². The van der Waals surface area contributed by atoms with Gasteiger partial charge in [0, 0.05) is 15.5 Å². The predicted octanol–water partition coefficient (Wildman–Crippen LogP) is 10.5. The molecule has 0 bridgehead atoms. The molecule has 3 nitrogen and oxygen atoms in total. The van der Waals surface area contributed by atoms with Crippen molar-refractivity contribution in [2.45, 2.75) is 18.5 Å². The Morgan fingerprint density at radius 1 is 0.571 bits per heavy atom. The van der Waals surface area contributed by atoms with Gasteiger partial charge in [0.05, 0.1) is 16.0 Å². The Balaban J connectivity index is 1.60. The summed E-state index contributed by atoms with van der Waals surface area (Å²) in [5.74, 6) is -2.11. The normalized spacial score (nSPS) is 12.9. The second-order valence-electron chi connectivity index (χ2n) is 9.20. The van der Waals surface area contributed by atoms with E-state index in [0.29, 0.717) is 21.3 Å². The van der Waals surface area contributed by atoms with Crippen molar-refractivity contribution < 1.29 is 44.3 Å². The van der Waals surface area contributed by atoms with Crippen LogP contribution in [0.25, 0.3) is 42.2 Å². The van der Waals surface area contributed by atoms with E-state index in [1.807, 2.05) is 30.3 Å². The zero-order chi connectivity index (χ0) is 30.0. The van der Waals surface area contributed by atoms with E-state index in [4.69, 9.17) is 4.74 Å². The van der Waals surface area contributed by atoms with Crippen molar-refractivity contribution in [3.63, 3.8) is 0 Å². The molecule has 0 aliphatic heterocycles. The van der Waals surface area contributed by atoms with Crippen LogP contribution < -0.4 is 4.74 Å². The second-order valence-corrected chi connectivity index (χ2v) is 10.3. The predicted molar refractivity (Wildman–Crippen MR) is 139 cm³/mol. The van der Waals surface area contributed by atoms with Gasteiger partial charge in [-0.3, -0.25) is 0 Å². The Morgan fingerprint density at radius 2 is 1.17 bits per heavy atom. The highest BCUT2D eigenvalue weighted by Crippen LogP contribution is 2.51. The highest BCUT2D eigenvalue weighted by Gasteiger charge is 2.52. The highest BCUT2D eigenvalue weighted by molar-refractivity contribution is 7.22. The molecule has 42 heavy (non-hydrogen) atoms. The van der Waals surface area contributed by atoms with Crippen molar-refractivity contribution in [1.82, 2.24) is 10.2 Å². The van der Waals surface area contributed by atoms with Gasteiger partial charge in [0.25, 0.3) is 0 Å². The summed E-state index contributed by atoms with van der Waals surface area (Å²) in [5.41, 5.74) is -7.67. The van der Waals surface area contributed by atoms with E-state index < -0.39 is 46.8 Å². The molecule has 2 aromatic heterocycles. The van der Waals surface area contributed by atoms with Gasteiger partial charge in [-0.1, -0.05) is 42.5 Å². The molecule has 0 radical (unpaired) electrons. The summed E-state index contributed by atoms with van der Waals surface area (Å²) in [4.78, 5) is 0.653. The van der Waals surface area contributed by atoms with Crippen LogP contribution >= 0.6 is 11.3 Å². The van der Waals surface area contributed by atoms with Crippen molar-refractivity contribution in [2.75, 3.05) is 0 Å².